The van der Waals surface area contributed by atoms with Gasteiger partial charge in [-0.05, 0) is 44.2 Å². The van der Waals surface area contributed by atoms with E-state index in [1.165, 1.54) is 11.1 Å². The van der Waals surface area contributed by atoms with E-state index < -0.39 is 6.04 Å². The normalized spacial score (nSPS) is 11.7. The molecule has 2 aromatic carbocycles. The van der Waals surface area contributed by atoms with Gasteiger partial charge in [-0.15, -0.1) is 0 Å². The minimum absolute atomic E-state index is 0.0367. The molecular formula is C24H32N2O2. The maximum Gasteiger partial charge on any atom is 0.242 e. The Labute approximate surface area is 169 Å². The van der Waals surface area contributed by atoms with Gasteiger partial charge in [0, 0.05) is 19.5 Å². The van der Waals surface area contributed by atoms with Crippen molar-refractivity contribution in [2.45, 2.75) is 52.5 Å². The van der Waals surface area contributed by atoms with Gasteiger partial charge in [0.25, 0.3) is 0 Å². The maximum absolute atomic E-state index is 13.1. The third-order valence-corrected chi connectivity index (χ3v) is 4.97. The highest BCUT2D eigenvalue weighted by Crippen LogP contribution is 2.13. The van der Waals surface area contributed by atoms with Crippen molar-refractivity contribution < 1.29 is 9.59 Å². The molecule has 150 valence electrons. The van der Waals surface area contributed by atoms with E-state index in [0.717, 1.165) is 12.0 Å². The van der Waals surface area contributed by atoms with Crippen LogP contribution in [0.3, 0.4) is 0 Å². The van der Waals surface area contributed by atoms with E-state index in [2.05, 4.69) is 48.6 Å². The van der Waals surface area contributed by atoms with Gasteiger partial charge in [-0.3, -0.25) is 9.59 Å². The molecule has 2 amide bonds. The summed E-state index contributed by atoms with van der Waals surface area (Å²) >= 11 is 0. The van der Waals surface area contributed by atoms with Crippen LogP contribution in [0.5, 0.6) is 0 Å². The summed E-state index contributed by atoms with van der Waals surface area (Å²) in [4.78, 5) is 27.4. The smallest absolute Gasteiger partial charge is 0.242 e. The van der Waals surface area contributed by atoms with Crippen LogP contribution in [0, 0.1) is 6.92 Å². The Morgan fingerprint density at radius 2 is 1.57 bits per heavy atom. The van der Waals surface area contributed by atoms with Crippen molar-refractivity contribution >= 4 is 11.8 Å². The largest absolute Gasteiger partial charge is 0.355 e. The van der Waals surface area contributed by atoms with Gasteiger partial charge in [0.15, 0.2) is 0 Å². The molecule has 2 rings (SSSR count). The molecule has 4 heteroatoms. The first-order chi connectivity index (χ1) is 13.5. The van der Waals surface area contributed by atoms with E-state index in [4.69, 9.17) is 0 Å². The molecule has 0 aliphatic rings. The third-order valence-electron chi connectivity index (χ3n) is 4.97. The number of rotatable bonds is 10. The highest BCUT2D eigenvalue weighted by atomic mass is 16.2. The zero-order chi connectivity index (χ0) is 20.4. The Hall–Kier alpha value is -2.62. The topological polar surface area (TPSA) is 49.4 Å². The fraction of sp³-hybridized carbons (Fsp3) is 0.417. The van der Waals surface area contributed by atoms with Crippen LogP contribution >= 0.6 is 0 Å². The molecule has 1 N–H and O–H groups in total. The molecule has 0 bridgehead atoms. The molecule has 0 radical (unpaired) electrons. The molecule has 0 aliphatic heterocycles. The average Bonchev–Trinajstić information content (AvgIpc) is 2.71. The zero-order valence-electron chi connectivity index (χ0n) is 17.3. The standard InChI is InChI=1S/C24H32N2O2/c1-4-22(24(28)25-5-2)26(18-17-20-9-7-6-8-10-20)23(27)16-15-21-13-11-19(3)12-14-21/h6-14,22H,4-5,15-18H2,1-3H3,(H,25,28)/t22-/m0/s1. The second-order valence-electron chi connectivity index (χ2n) is 7.13. The summed E-state index contributed by atoms with van der Waals surface area (Å²) in [7, 11) is 0. The van der Waals surface area contributed by atoms with Crippen molar-refractivity contribution in [3.05, 3.63) is 71.3 Å². The van der Waals surface area contributed by atoms with Crippen LogP contribution in [-0.4, -0.2) is 35.8 Å². The van der Waals surface area contributed by atoms with Crippen molar-refractivity contribution in [2.75, 3.05) is 13.1 Å². The summed E-state index contributed by atoms with van der Waals surface area (Å²) < 4.78 is 0. The van der Waals surface area contributed by atoms with Gasteiger partial charge in [0.1, 0.15) is 6.04 Å². The van der Waals surface area contributed by atoms with E-state index in [1.54, 1.807) is 4.90 Å². The lowest BCUT2D eigenvalue weighted by molar-refractivity contribution is -0.140. The molecule has 0 unspecified atom stereocenters. The summed E-state index contributed by atoms with van der Waals surface area (Å²) in [6.45, 7) is 7.03. The van der Waals surface area contributed by atoms with Crippen LogP contribution in [0.1, 0.15) is 43.4 Å². The van der Waals surface area contributed by atoms with Crippen molar-refractivity contribution in [1.82, 2.24) is 10.2 Å². The lowest BCUT2D eigenvalue weighted by Gasteiger charge is -2.30. The number of nitrogens with zero attached hydrogens (tertiary/aromatic N) is 1. The van der Waals surface area contributed by atoms with Gasteiger partial charge in [0.05, 0.1) is 0 Å². The van der Waals surface area contributed by atoms with Gasteiger partial charge in [-0.2, -0.15) is 0 Å². The Kier molecular flexibility index (Phi) is 8.73. The Balaban J connectivity index is 2.09. The Bertz CT molecular complexity index is 741. The number of hydrogen-bond donors (Lipinski definition) is 1. The molecule has 1 atom stereocenters. The van der Waals surface area contributed by atoms with Crippen LogP contribution in [0.15, 0.2) is 54.6 Å². The zero-order valence-corrected chi connectivity index (χ0v) is 17.3. The Morgan fingerprint density at radius 1 is 0.929 bits per heavy atom. The van der Waals surface area contributed by atoms with Crippen molar-refractivity contribution in [3.63, 3.8) is 0 Å². The van der Waals surface area contributed by atoms with Crippen molar-refractivity contribution in [1.29, 1.82) is 0 Å². The summed E-state index contributed by atoms with van der Waals surface area (Å²) in [5, 5.41) is 2.88. The number of carbonyl (C=O) groups is 2. The number of nitrogens with one attached hydrogen (secondary N) is 1. The predicted octanol–water partition coefficient (Wildman–Crippen LogP) is 3.91. The van der Waals surface area contributed by atoms with E-state index in [0.29, 0.717) is 32.4 Å². The molecule has 4 nitrogen and oxygen atoms in total. The predicted molar refractivity (Wildman–Crippen MR) is 114 cm³/mol. The average molecular weight is 381 g/mol. The van der Waals surface area contributed by atoms with Gasteiger partial charge in [0.2, 0.25) is 11.8 Å². The summed E-state index contributed by atoms with van der Waals surface area (Å²) in [6.07, 6.45) is 2.45. The van der Waals surface area contributed by atoms with Crippen LogP contribution in [0.2, 0.25) is 0 Å². The first-order valence-electron chi connectivity index (χ1n) is 10.2. The van der Waals surface area contributed by atoms with E-state index >= 15 is 0 Å². The second kappa shape index (κ2) is 11.3. The first kappa shape index (κ1) is 21.7. The molecule has 0 spiro atoms. The van der Waals surface area contributed by atoms with Gasteiger partial charge >= 0.3 is 0 Å². The third kappa shape index (κ3) is 6.52. The molecule has 0 aromatic heterocycles. The van der Waals surface area contributed by atoms with E-state index in [9.17, 15) is 9.59 Å². The second-order valence-corrected chi connectivity index (χ2v) is 7.13. The van der Waals surface area contributed by atoms with Crippen molar-refractivity contribution in [3.8, 4) is 0 Å². The minimum Gasteiger partial charge on any atom is -0.355 e. The maximum atomic E-state index is 13.1. The van der Waals surface area contributed by atoms with Crippen LogP contribution in [-0.2, 0) is 22.4 Å². The monoisotopic (exact) mass is 380 g/mol. The summed E-state index contributed by atoms with van der Waals surface area (Å²) in [5.74, 6) is -0.0312. The molecule has 2 aromatic rings. The van der Waals surface area contributed by atoms with Crippen LogP contribution < -0.4 is 5.32 Å². The molecule has 0 saturated carbocycles. The van der Waals surface area contributed by atoms with Crippen LogP contribution in [0.25, 0.3) is 0 Å². The molecule has 0 fully saturated rings. The molecular weight excluding hydrogens is 348 g/mol. The lowest BCUT2D eigenvalue weighted by atomic mass is 10.0. The summed E-state index contributed by atoms with van der Waals surface area (Å²) in [5.41, 5.74) is 3.53. The number of hydrogen-bond acceptors (Lipinski definition) is 2. The number of carbonyl (C=O) groups excluding carboxylic acids is 2. The number of amides is 2. The fourth-order valence-corrected chi connectivity index (χ4v) is 3.34. The number of benzene rings is 2. The van der Waals surface area contributed by atoms with Crippen molar-refractivity contribution in [2.24, 2.45) is 0 Å². The van der Waals surface area contributed by atoms with Gasteiger partial charge in [-0.25, -0.2) is 0 Å². The van der Waals surface area contributed by atoms with Gasteiger partial charge < -0.3 is 10.2 Å². The molecule has 0 saturated heterocycles. The van der Waals surface area contributed by atoms with Gasteiger partial charge in [-0.1, -0.05) is 67.1 Å². The first-order valence-corrected chi connectivity index (χ1v) is 10.2. The molecule has 0 heterocycles. The molecule has 28 heavy (non-hydrogen) atoms. The Morgan fingerprint density at radius 3 is 2.18 bits per heavy atom. The lowest BCUT2D eigenvalue weighted by Crippen LogP contribution is -2.50. The molecule has 0 aliphatic carbocycles. The number of aryl methyl sites for hydroxylation is 2. The quantitative estimate of drug-likeness (QED) is 0.679. The van der Waals surface area contributed by atoms with E-state index in [-0.39, 0.29) is 11.8 Å². The highest BCUT2D eigenvalue weighted by molar-refractivity contribution is 5.87. The minimum atomic E-state index is -0.422. The highest BCUT2D eigenvalue weighted by Gasteiger charge is 2.27. The fourth-order valence-electron chi connectivity index (χ4n) is 3.34. The van der Waals surface area contributed by atoms with E-state index in [1.807, 2.05) is 32.0 Å². The number of likely N-dealkylation sites (N-methyl/N-ethyl adjacent to an activating group) is 1. The van der Waals surface area contributed by atoms with Crippen LogP contribution in [0.4, 0.5) is 0 Å². The summed E-state index contributed by atoms with van der Waals surface area (Å²) in [6, 6.07) is 17.9. The SMILES string of the molecule is CCNC(=O)[C@H](CC)N(CCc1ccccc1)C(=O)CCc1ccc(C)cc1.